The maximum absolute atomic E-state index is 13.0. The Bertz CT molecular complexity index is 819. The van der Waals surface area contributed by atoms with E-state index in [1.807, 2.05) is 19.1 Å². The Hall–Kier alpha value is -1.83. The van der Waals surface area contributed by atoms with Crippen LogP contribution in [0.15, 0.2) is 52.0 Å². The molecule has 1 aliphatic carbocycles. The first-order chi connectivity index (χ1) is 11.3. The third-order valence-corrected chi connectivity index (χ3v) is 6.19. The van der Waals surface area contributed by atoms with Gasteiger partial charge in [0.15, 0.2) is 0 Å². The Kier molecular flexibility index (Phi) is 6.04. The number of sulfonamides is 1. The van der Waals surface area contributed by atoms with Crippen molar-refractivity contribution in [2.45, 2.75) is 45.4 Å². The molecule has 0 radical (unpaired) electrons. The topological polar surface area (TPSA) is 37.4 Å². The van der Waals surface area contributed by atoms with E-state index >= 15 is 0 Å². The number of aryl methyl sites for hydroxylation is 1. The quantitative estimate of drug-likeness (QED) is 0.597. The van der Waals surface area contributed by atoms with Crippen molar-refractivity contribution >= 4 is 10.0 Å². The summed E-state index contributed by atoms with van der Waals surface area (Å²) < 4.78 is 27.5. The lowest BCUT2D eigenvalue weighted by Crippen LogP contribution is -2.33. The van der Waals surface area contributed by atoms with Crippen molar-refractivity contribution in [3.05, 3.63) is 52.6 Å². The molecule has 0 aromatic heterocycles. The van der Waals surface area contributed by atoms with Crippen molar-refractivity contribution in [2.75, 3.05) is 13.1 Å². The zero-order valence-electron chi connectivity index (χ0n) is 14.9. The second kappa shape index (κ2) is 7.83. The first-order valence-electron chi connectivity index (χ1n) is 8.14. The minimum atomic E-state index is -3.55. The van der Waals surface area contributed by atoms with Crippen molar-refractivity contribution < 1.29 is 8.42 Å². The summed E-state index contributed by atoms with van der Waals surface area (Å²) in [7, 11) is -3.55. The summed E-state index contributed by atoms with van der Waals surface area (Å²) in [4.78, 5) is 0.325. The predicted octanol–water partition coefficient (Wildman–Crippen LogP) is 4.07. The van der Waals surface area contributed by atoms with Gasteiger partial charge in [0.25, 0.3) is 0 Å². The van der Waals surface area contributed by atoms with Crippen LogP contribution in [0.5, 0.6) is 0 Å². The lowest BCUT2D eigenvalue weighted by atomic mass is 9.93. The molecule has 0 bridgehead atoms. The van der Waals surface area contributed by atoms with E-state index < -0.39 is 10.0 Å². The monoisotopic (exact) mass is 343 g/mol. The van der Waals surface area contributed by atoms with E-state index in [2.05, 4.69) is 31.8 Å². The molecular formula is C20H25NO2S. The second-order valence-corrected chi connectivity index (χ2v) is 8.25. The first kappa shape index (κ1) is 18.5. The molecule has 0 amide bonds. The van der Waals surface area contributed by atoms with Crippen LogP contribution in [-0.2, 0) is 10.0 Å². The number of rotatable bonds is 5. The second-order valence-electron chi connectivity index (χ2n) is 6.32. The van der Waals surface area contributed by atoms with Crippen LogP contribution in [0.2, 0.25) is 0 Å². The Morgan fingerprint density at radius 2 is 1.75 bits per heavy atom. The summed E-state index contributed by atoms with van der Waals surface area (Å²) in [5, 5.41) is 0. The third-order valence-electron chi connectivity index (χ3n) is 4.39. The van der Waals surface area contributed by atoms with Crippen LogP contribution in [0.1, 0.15) is 39.2 Å². The highest BCUT2D eigenvalue weighted by Gasteiger charge is 2.25. The lowest BCUT2D eigenvalue weighted by molar-refractivity contribution is 0.467. The van der Waals surface area contributed by atoms with Gasteiger partial charge in [-0.05, 0) is 52.7 Å². The molecule has 4 heteroatoms. The molecule has 0 saturated carbocycles. The lowest BCUT2D eigenvalue weighted by Gasteiger charge is -2.24. The van der Waals surface area contributed by atoms with E-state index in [1.54, 1.807) is 19.1 Å². The van der Waals surface area contributed by atoms with Gasteiger partial charge in [-0.25, -0.2) is 8.42 Å². The number of allylic oxidation sites excluding steroid dienone is 3. The molecule has 0 aliphatic heterocycles. The number of benzene rings is 1. The van der Waals surface area contributed by atoms with E-state index in [9.17, 15) is 8.42 Å². The molecule has 128 valence electrons. The molecule has 0 unspecified atom stereocenters. The molecule has 24 heavy (non-hydrogen) atoms. The molecular weight excluding hydrogens is 318 g/mol. The summed E-state index contributed by atoms with van der Waals surface area (Å²) in [6.45, 7) is 8.54. The minimum absolute atomic E-state index is 0.214. The summed E-state index contributed by atoms with van der Waals surface area (Å²) in [6, 6.07) is 6.99. The van der Waals surface area contributed by atoms with E-state index in [1.165, 1.54) is 15.5 Å². The maximum atomic E-state index is 13.0. The Labute approximate surface area is 146 Å². The van der Waals surface area contributed by atoms with E-state index in [0.29, 0.717) is 11.4 Å². The number of hydrogen-bond donors (Lipinski definition) is 0. The summed E-state index contributed by atoms with van der Waals surface area (Å²) in [5.41, 5.74) is 4.90. The van der Waals surface area contributed by atoms with Gasteiger partial charge in [0.05, 0.1) is 11.4 Å². The highest BCUT2D eigenvalue weighted by Crippen LogP contribution is 2.26. The van der Waals surface area contributed by atoms with Gasteiger partial charge in [-0.1, -0.05) is 46.4 Å². The smallest absolute Gasteiger partial charge is 0.207 e. The molecule has 2 rings (SSSR count). The van der Waals surface area contributed by atoms with Crippen molar-refractivity contribution in [3.63, 3.8) is 0 Å². The SMILES string of the molecule is CC#CCN(CC1=CCC(C)=C(C)C1)S(=O)(=O)c1ccc(C)cc1. The average molecular weight is 343 g/mol. The molecule has 0 heterocycles. The van der Waals surface area contributed by atoms with E-state index in [0.717, 1.165) is 24.0 Å². The van der Waals surface area contributed by atoms with Gasteiger partial charge in [-0.3, -0.25) is 0 Å². The van der Waals surface area contributed by atoms with Crippen LogP contribution in [0.25, 0.3) is 0 Å². The zero-order chi connectivity index (χ0) is 17.7. The van der Waals surface area contributed by atoms with E-state index in [-0.39, 0.29) is 6.54 Å². The van der Waals surface area contributed by atoms with Crippen molar-refractivity contribution in [2.24, 2.45) is 0 Å². The highest BCUT2D eigenvalue weighted by atomic mass is 32.2. The van der Waals surface area contributed by atoms with Crippen LogP contribution < -0.4 is 0 Å². The van der Waals surface area contributed by atoms with E-state index in [4.69, 9.17) is 0 Å². The summed E-state index contributed by atoms with van der Waals surface area (Å²) in [5.74, 6) is 5.70. The summed E-state index contributed by atoms with van der Waals surface area (Å²) >= 11 is 0. The van der Waals surface area contributed by atoms with Crippen LogP contribution >= 0.6 is 0 Å². The third kappa shape index (κ3) is 4.37. The van der Waals surface area contributed by atoms with Gasteiger partial charge in [-0.2, -0.15) is 4.31 Å². The fourth-order valence-electron chi connectivity index (χ4n) is 2.63. The molecule has 0 spiro atoms. The van der Waals surface area contributed by atoms with Crippen molar-refractivity contribution in [3.8, 4) is 11.8 Å². The van der Waals surface area contributed by atoms with Crippen LogP contribution in [0.4, 0.5) is 0 Å². The van der Waals surface area contributed by atoms with Gasteiger partial charge in [0, 0.05) is 6.54 Å². The fourth-order valence-corrected chi connectivity index (χ4v) is 3.98. The van der Waals surface area contributed by atoms with Crippen molar-refractivity contribution in [1.29, 1.82) is 0 Å². The summed E-state index contributed by atoms with van der Waals surface area (Å²) in [6.07, 6.45) is 3.89. The molecule has 1 aromatic carbocycles. The predicted molar refractivity (Wildman–Crippen MR) is 99.1 cm³/mol. The van der Waals surface area contributed by atoms with Crippen LogP contribution in [0, 0.1) is 18.8 Å². The Morgan fingerprint density at radius 3 is 2.33 bits per heavy atom. The maximum Gasteiger partial charge on any atom is 0.244 e. The van der Waals surface area contributed by atoms with Crippen molar-refractivity contribution in [1.82, 2.24) is 4.31 Å². The molecule has 1 aromatic rings. The van der Waals surface area contributed by atoms with Gasteiger partial charge in [-0.15, -0.1) is 5.92 Å². The van der Waals surface area contributed by atoms with Gasteiger partial charge in [0.1, 0.15) is 0 Å². The van der Waals surface area contributed by atoms with Gasteiger partial charge in [0.2, 0.25) is 10.0 Å². The first-order valence-corrected chi connectivity index (χ1v) is 9.58. The van der Waals surface area contributed by atoms with Crippen LogP contribution in [0.3, 0.4) is 0 Å². The fraction of sp³-hybridized carbons (Fsp3) is 0.400. The molecule has 0 saturated heterocycles. The number of nitrogens with zero attached hydrogens (tertiary/aromatic N) is 1. The molecule has 1 aliphatic rings. The average Bonchev–Trinajstić information content (AvgIpc) is 2.55. The Balaban J connectivity index is 2.27. The zero-order valence-corrected chi connectivity index (χ0v) is 15.7. The van der Waals surface area contributed by atoms with Gasteiger partial charge >= 0.3 is 0 Å². The standard InChI is InChI=1S/C20H25NO2S/c1-5-6-13-21(15-19-10-9-17(3)18(4)14-19)24(22,23)20-11-7-16(2)8-12-20/h7-8,10-12H,9,13-15H2,1-4H3. The Morgan fingerprint density at radius 1 is 1.08 bits per heavy atom. The molecule has 0 atom stereocenters. The minimum Gasteiger partial charge on any atom is -0.207 e. The molecule has 3 nitrogen and oxygen atoms in total. The van der Waals surface area contributed by atoms with Gasteiger partial charge < -0.3 is 0 Å². The van der Waals surface area contributed by atoms with Crippen LogP contribution in [-0.4, -0.2) is 25.8 Å². The molecule has 0 N–H and O–H groups in total. The number of hydrogen-bond acceptors (Lipinski definition) is 2. The normalized spacial score (nSPS) is 15.1. The highest BCUT2D eigenvalue weighted by molar-refractivity contribution is 7.89. The molecule has 0 fully saturated rings. The largest absolute Gasteiger partial charge is 0.244 e.